The Bertz CT molecular complexity index is 679. The lowest BCUT2D eigenvalue weighted by Crippen LogP contribution is -2.68. The highest BCUT2D eigenvalue weighted by Gasteiger charge is 2.59. The minimum absolute atomic E-state index is 0. The SMILES string of the molecule is CN=C(NC1C2CCOC2C1(C)C)N1CCC(Cc2ccc(F)cc2)C1.I. The average molecular weight is 487 g/mol. The zero-order valence-electron chi connectivity index (χ0n) is 16.5. The number of fused-ring (bicyclic) bond motifs is 1. The van der Waals surface area contributed by atoms with Gasteiger partial charge in [-0.25, -0.2) is 4.39 Å². The van der Waals surface area contributed by atoms with Crippen molar-refractivity contribution in [3.8, 4) is 0 Å². The molecule has 27 heavy (non-hydrogen) atoms. The molecule has 3 fully saturated rings. The van der Waals surface area contributed by atoms with E-state index in [2.05, 4.69) is 29.1 Å². The summed E-state index contributed by atoms with van der Waals surface area (Å²) in [5.41, 5.74) is 1.37. The first-order valence-corrected chi connectivity index (χ1v) is 9.83. The van der Waals surface area contributed by atoms with Gasteiger partial charge in [-0.1, -0.05) is 26.0 Å². The number of aliphatic imine (C=N–C) groups is 1. The van der Waals surface area contributed by atoms with Gasteiger partial charge in [0.2, 0.25) is 0 Å². The van der Waals surface area contributed by atoms with Crippen LogP contribution in [0.2, 0.25) is 0 Å². The largest absolute Gasteiger partial charge is 0.377 e. The molecule has 1 aliphatic carbocycles. The van der Waals surface area contributed by atoms with Crippen LogP contribution in [0.3, 0.4) is 0 Å². The number of hydrogen-bond donors (Lipinski definition) is 1. The fraction of sp³-hybridized carbons (Fsp3) is 0.667. The highest BCUT2D eigenvalue weighted by atomic mass is 127. The minimum Gasteiger partial charge on any atom is -0.377 e. The lowest BCUT2D eigenvalue weighted by Gasteiger charge is -2.55. The Morgan fingerprint density at radius 2 is 2.04 bits per heavy atom. The van der Waals surface area contributed by atoms with Gasteiger partial charge in [-0.15, -0.1) is 24.0 Å². The van der Waals surface area contributed by atoms with Gasteiger partial charge in [-0.3, -0.25) is 4.99 Å². The molecule has 0 bridgehead atoms. The number of nitrogens with one attached hydrogen (secondary N) is 1. The zero-order chi connectivity index (χ0) is 18.3. The van der Waals surface area contributed by atoms with Gasteiger partial charge in [0.25, 0.3) is 0 Å². The van der Waals surface area contributed by atoms with E-state index in [1.54, 1.807) is 12.1 Å². The fourth-order valence-electron chi connectivity index (χ4n) is 5.20. The first-order chi connectivity index (χ1) is 12.5. The van der Waals surface area contributed by atoms with Crippen LogP contribution in [0.15, 0.2) is 29.3 Å². The molecule has 2 aliphatic heterocycles. The van der Waals surface area contributed by atoms with Gasteiger partial charge in [-0.2, -0.15) is 0 Å². The third-order valence-corrected chi connectivity index (χ3v) is 6.62. The zero-order valence-corrected chi connectivity index (χ0v) is 18.8. The fourth-order valence-corrected chi connectivity index (χ4v) is 5.20. The van der Waals surface area contributed by atoms with Crippen LogP contribution in [-0.4, -0.2) is 49.7 Å². The molecule has 1 N–H and O–H groups in total. The van der Waals surface area contributed by atoms with Gasteiger partial charge in [-0.05, 0) is 42.9 Å². The Morgan fingerprint density at radius 1 is 1.30 bits per heavy atom. The summed E-state index contributed by atoms with van der Waals surface area (Å²) in [7, 11) is 1.88. The molecule has 1 aromatic carbocycles. The smallest absolute Gasteiger partial charge is 0.193 e. The molecule has 4 nitrogen and oxygen atoms in total. The summed E-state index contributed by atoms with van der Waals surface area (Å²) in [5.74, 6) is 2.06. The van der Waals surface area contributed by atoms with Gasteiger partial charge < -0.3 is 15.0 Å². The molecule has 0 aromatic heterocycles. The van der Waals surface area contributed by atoms with Crippen molar-refractivity contribution in [3.05, 3.63) is 35.6 Å². The normalized spacial score (nSPS) is 31.9. The Labute approximate surface area is 179 Å². The predicted molar refractivity (Wildman–Crippen MR) is 117 cm³/mol. The lowest BCUT2D eigenvalue weighted by molar-refractivity contribution is -0.107. The summed E-state index contributed by atoms with van der Waals surface area (Å²) in [6.07, 6.45) is 3.70. The average Bonchev–Trinajstić information content (AvgIpc) is 3.26. The molecule has 4 atom stereocenters. The first-order valence-electron chi connectivity index (χ1n) is 9.83. The number of halogens is 2. The maximum Gasteiger partial charge on any atom is 0.193 e. The maximum absolute atomic E-state index is 13.1. The highest BCUT2D eigenvalue weighted by Crippen LogP contribution is 2.52. The lowest BCUT2D eigenvalue weighted by atomic mass is 9.57. The van der Waals surface area contributed by atoms with Crippen molar-refractivity contribution in [2.45, 2.75) is 45.3 Å². The standard InChI is InChI=1S/C21H30FN3O.HI/c1-21(2)18(17-9-11-26-19(17)21)24-20(23-3)25-10-8-15(13-25)12-14-4-6-16(22)7-5-14;/h4-7,15,17-19H,8-13H2,1-3H3,(H,23,24);1H. The Kier molecular flexibility index (Phi) is 6.35. The van der Waals surface area contributed by atoms with E-state index in [0.29, 0.717) is 24.0 Å². The molecule has 0 spiro atoms. The van der Waals surface area contributed by atoms with Gasteiger partial charge in [0.15, 0.2) is 5.96 Å². The molecule has 3 aliphatic rings. The summed E-state index contributed by atoms with van der Waals surface area (Å²) in [6.45, 7) is 7.52. The van der Waals surface area contributed by atoms with Gasteiger partial charge >= 0.3 is 0 Å². The predicted octanol–water partition coefficient (Wildman–Crippen LogP) is 3.70. The number of nitrogens with zero attached hydrogens (tertiary/aromatic N) is 2. The van der Waals surface area contributed by atoms with E-state index in [9.17, 15) is 4.39 Å². The Morgan fingerprint density at radius 3 is 2.74 bits per heavy atom. The molecule has 2 saturated heterocycles. The third kappa shape index (κ3) is 3.97. The summed E-state index contributed by atoms with van der Waals surface area (Å²) in [4.78, 5) is 6.95. The van der Waals surface area contributed by atoms with E-state index < -0.39 is 0 Å². The Hall–Kier alpha value is -0.890. The minimum atomic E-state index is -0.163. The Balaban J connectivity index is 0.00000210. The van der Waals surface area contributed by atoms with E-state index in [4.69, 9.17) is 4.74 Å². The van der Waals surface area contributed by atoms with Gasteiger partial charge in [0.1, 0.15) is 5.82 Å². The van der Waals surface area contributed by atoms with Crippen molar-refractivity contribution >= 4 is 29.9 Å². The topological polar surface area (TPSA) is 36.9 Å². The van der Waals surface area contributed by atoms with Crippen molar-refractivity contribution < 1.29 is 9.13 Å². The van der Waals surface area contributed by atoms with Crippen molar-refractivity contribution in [1.82, 2.24) is 10.2 Å². The van der Waals surface area contributed by atoms with E-state index in [1.807, 2.05) is 19.2 Å². The summed E-state index contributed by atoms with van der Waals surface area (Å²) >= 11 is 0. The second-order valence-corrected chi connectivity index (χ2v) is 8.67. The monoisotopic (exact) mass is 487 g/mol. The molecule has 4 rings (SSSR count). The van der Waals surface area contributed by atoms with Gasteiger partial charge in [0.05, 0.1) is 6.10 Å². The molecule has 0 radical (unpaired) electrons. The molecule has 0 amide bonds. The number of rotatable bonds is 3. The van der Waals surface area contributed by atoms with Crippen LogP contribution in [0.25, 0.3) is 0 Å². The second-order valence-electron chi connectivity index (χ2n) is 8.67. The van der Waals surface area contributed by atoms with E-state index >= 15 is 0 Å². The van der Waals surface area contributed by atoms with Crippen LogP contribution in [0, 0.1) is 23.1 Å². The molecule has 2 heterocycles. The summed E-state index contributed by atoms with van der Waals surface area (Å²) < 4.78 is 19.0. The van der Waals surface area contributed by atoms with Crippen LogP contribution < -0.4 is 5.32 Å². The highest BCUT2D eigenvalue weighted by molar-refractivity contribution is 14.0. The molecule has 1 saturated carbocycles. The number of likely N-dealkylation sites (tertiary alicyclic amines) is 1. The van der Waals surface area contributed by atoms with Crippen molar-refractivity contribution in [2.75, 3.05) is 26.7 Å². The molecular formula is C21H31FIN3O. The van der Waals surface area contributed by atoms with Crippen molar-refractivity contribution in [3.63, 3.8) is 0 Å². The molecule has 150 valence electrons. The van der Waals surface area contributed by atoms with Crippen LogP contribution in [0.1, 0.15) is 32.3 Å². The molecule has 1 aromatic rings. The van der Waals surface area contributed by atoms with Crippen LogP contribution in [0.5, 0.6) is 0 Å². The van der Waals surface area contributed by atoms with Crippen LogP contribution in [-0.2, 0) is 11.2 Å². The summed E-state index contributed by atoms with van der Waals surface area (Å²) in [5, 5.41) is 3.74. The van der Waals surface area contributed by atoms with E-state index in [-0.39, 0.29) is 35.2 Å². The number of ether oxygens (including phenoxy) is 1. The molecule has 4 unspecified atom stereocenters. The maximum atomic E-state index is 13.1. The first kappa shape index (κ1) is 20.8. The van der Waals surface area contributed by atoms with Crippen LogP contribution in [0.4, 0.5) is 4.39 Å². The summed E-state index contributed by atoms with van der Waals surface area (Å²) in [6, 6.07) is 7.36. The van der Waals surface area contributed by atoms with Gasteiger partial charge in [0, 0.05) is 44.1 Å². The second kappa shape index (κ2) is 8.23. The quantitative estimate of drug-likeness (QED) is 0.402. The molecule has 6 heteroatoms. The van der Waals surface area contributed by atoms with Crippen LogP contribution >= 0.6 is 24.0 Å². The molecular weight excluding hydrogens is 456 g/mol. The number of benzene rings is 1. The van der Waals surface area contributed by atoms with E-state index in [1.165, 1.54) is 5.56 Å². The van der Waals surface area contributed by atoms with E-state index in [0.717, 1.165) is 44.9 Å². The number of hydrogen-bond acceptors (Lipinski definition) is 2. The number of guanidine groups is 1. The third-order valence-electron chi connectivity index (χ3n) is 6.62. The van der Waals surface area contributed by atoms with Crippen molar-refractivity contribution in [2.24, 2.45) is 22.2 Å². The van der Waals surface area contributed by atoms with Crippen molar-refractivity contribution in [1.29, 1.82) is 0 Å².